The summed E-state index contributed by atoms with van der Waals surface area (Å²) in [6.07, 6.45) is 3.51. The number of amides is 1. The SMILES string of the molecule is CC[C@@H](NC(=O)c1cccnc1)C(=O)OC. The maximum atomic E-state index is 11.7. The number of aromatic nitrogens is 1. The van der Waals surface area contributed by atoms with Gasteiger partial charge in [0, 0.05) is 12.4 Å². The van der Waals surface area contributed by atoms with Crippen molar-refractivity contribution < 1.29 is 14.3 Å². The second-order valence-electron chi connectivity index (χ2n) is 3.20. The number of nitrogens with one attached hydrogen (secondary N) is 1. The van der Waals surface area contributed by atoms with Crippen LogP contribution >= 0.6 is 0 Å². The van der Waals surface area contributed by atoms with Gasteiger partial charge in [0.2, 0.25) is 0 Å². The van der Waals surface area contributed by atoms with Crippen molar-refractivity contribution in [3.8, 4) is 0 Å². The molecule has 1 rings (SSSR count). The molecule has 1 heterocycles. The second kappa shape index (κ2) is 5.85. The predicted octanol–water partition coefficient (Wildman–Crippen LogP) is 0.763. The Morgan fingerprint density at radius 2 is 2.31 bits per heavy atom. The van der Waals surface area contributed by atoms with Crippen molar-refractivity contribution in [2.75, 3.05) is 7.11 Å². The molecule has 5 nitrogen and oxygen atoms in total. The van der Waals surface area contributed by atoms with Crippen LogP contribution in [0, 0.1) is 0 Å². The standard InChI is InChI=1S/C11H14N2O3/c1-3-9(11(15)16-2)13-10(14)8-5-4-6-12-7-8/h4-7,9H,3H2,1-2H3,(H,13,14)/t9-/m1/s1. The lowest BCUT2D eigenvalue weighted by Crippen LogP contribution is -2.41. The first-order valence-electron chi connectivity index (χ1n) is 4.97. The molecule has 0 saturated carbocycles. The van der Waals surface area contributed by atoms with E-state index in [2.05, 4.69) is 15.0 Å². The molecule has 0 aliphatic rings. The molecule has 86 valence electrons. The summed E-state index contributed by atoms with van der Waals surface area (Å²) >= 11 is 0. The Kier molecular flexibility index (Phi) is 4.44. The van der Waals surface area contributed by atoms with Crippen LogP contribution in [0.4, 0.5) is 0 Å². The number of esters is 1. The highest BCUT2D eigenvalue weighted by molar-refractivity contribution is 5.96. The van der Waals surface area contributed by atoms with Crippen molar-refractivity contribution in [1.82, 2.24) is 10.3 Å². The van der Waals surface area contributed by atoms with E-state index in [4.69, 9.17) is 0 Å². The van der Waals surface area contributed by atoms with Gasteiger partial charge in [-0.1, -0.05) is 6.92 Å². The first-order valence-corrected chi connectivity index (χ1v) is 4.97. The number of nitrogens with zero attached hydrogens (tertiary/aromatic N) is 1. The number of pyridine rings is 1. The van der Waals surface area contributed by atoms with Crippen molar-refractivity contribution in [3.63, 3.8) is 0 Å². The van der Waals surface area contributed by atoms with E-state index in [1.54, 1.807) is 25.3 Å². The highest BCUT2D eigenvalue weighted by Crippen LogP contribution is 1.99. The first kappa shape index (κ1) is 12.2. The van der Waals surface area contributed by atoms with Gasteiger partial charge in [-0.3, -0.25) is 9.78 Å². The van der Waals surface area contributed by atoms with Crippen molar-refractivity contribution in [2.45, 2.75) is 19.4 Å². The maximum Gasteiger partial charge on any atom is 0.328 e. The molecule has 1 N–H and O–H groups in total. The predicted molar refractivity (Wildman–Crippen MR) is 57.8 cm³/mol. The molecule has 0 bridgehead atoms. The quantitative estimate of drug-likeness (QED) is 0.764. The third-order valence-corrected chi connectivity index (χ3v) is 2.12. The number of carbonyl (C=O) groups is 2. The molecule has 0 aliphatic heterocycles. The van der Waals surface area contributed by atoms with Crippen LogP contribution in [0.15, 0.2) is 24.5 Å². The molecule has 1 atom stereocenters. The van der Waals surface area contributed by atoms with E-state index >= 15 is 0 Å². The van der Waals surface area contributed by atoms with E-state index in [9.17, 15) is 9.59 Å². The number of carbonyl (C=O) groups excluding carboxylic acids is 2. The van der Waals surface area contributed by atoms with Gasteiger partial charge in [-0.25, -0.2) is 4.79 Å². The Morgan fingerprint density at radius 3 is 2.81 bits per heavy atom. The third kappa shape index (κ3) is 3.05. The molecule has 1 aromatic heterocycles. The van der Waals surface area contributed by atoms with Crippen LogP contribution in [0.2, 0.25) is 0 Å². The fourth-order valence-corrected chi connectivity index (χ4v) is 1.21. The van der Waals surface area contributed by atoms with Crippen molar-refractivity contribution in [2.24, 2.45) is 0 Å². The minimum Gasteiger partial charge on any atom is -0.467 e. The second-order valence-corrected chi connectivity index (χ2v) is 3.20. The van der Waals surface area contributed by atoms with E-state index in [0.29, 0.717) is 12.0 Å². The van der Waals surface area contributed by atoms with Gasteiger partial charge >= 0.3 is 5.97 Å². The molecular formula is C11H14N2O3. The molecule has 1 aromatic rings. The summed E-state index contributed by atoms with van der Waals surface area (Å²) in [6, 6.07) is 2.68. The largest absolute Gasteiger partial charge is 0.467 e. The minimum absolute atomic E-state index is 0.328. The fourth-order valence-electron chi connectivity index (χ4n) is 1.21. The van der Waals surface area contributed by atoms with Crippen LogP contribution in [-0.4, -0.2) is 30.0 Å². The van der Waals surface area contributed by atoms with Crippen LogP contribution in [-0.2, 0) is 9.53 Å². The Hall–Kier alpha value is -1.91. The van der Waals surface area contributed by atoms with Gasteiger partial charge in [0.25, 0.3) is 5.91 Å². The summed E-state index contributed by atoms with van der Waals surface area (Å²) in [4.78, 5) is 26.8. The van der Waals surface area contributed by atoms with E-state index in [-0.39, 0.29) is 5.91 Å². The summed E-state index contributed by atoms with van der Waals surface area (Å²) < 4.78 is 4.57. The van der Waals surface area contributed by atoms with Gasteiger partial charge in [0.15, 0.2) is 0 Å². The molecule has 0 aliphatic carbocycles. The van der Waals surface area contributed by atoms with E-state index in [0.717, 1.165) is 0 Å². The minimum atomic E-state index is -0.613. The molecule has 0 aromatic carbocycles. The number of hydrogen-bond donors (Lipinski definition) is 1. The van der Waals surface area contributed by atoms with Crippen LogP contribution < -0.4 is 5.32 Å². The summed E-state index contributed by atoms with van der Waals surface area (Å²) in [7, 11) is 1.29. The monoisotopic (exact) mass is 222 g/mol. The normalized spacial score (nSPS) is 11.6. The van der Waals surface area contributed by atoms with Gasteiger partial charge in [0.1, 0.15) is 6.04 Å². The van der Waals surface area contributed by atoms with Crippen molar-refractivity contribution in [1.29, 1.82) is 0 Å². The number of ether oxygens (including phenoxy) is 1. The van der Waals surface area contributed by atoms with E-state index < -0.39 is 12.0 Å². The van der Waals surface area contributed by atoms with Gasteiger partial charge in [-0.05, 0) is 18.6 Å². The number of hydrogen-bond acceptors (Lipinski definition) is 4. The molecule has 16 heavy (non-hydrogen) atoms. The molecule has 0 spiro atoms. The summed E-state index contributed by atoms with van der Waals surface area (Å²) in [5.74, 6) is -0.773. The van der Waals surface area contributed by atoms with Crippen LogP contribution in [0.25, 0.3) is 0 Å². The van der Waals surface area contributed by atoms with Gasteiger partial charge in [0.05, 0.1) is 12.7 Å². The summed E-state index contributed by atoms with van der Waals surface area (Å²) in [6.45, 7) is 1.80. The number of rotatable bonds is 4. The lowest BCUT2D eigenvalue weighted by molar-refractivity contribution is -0.142. The van der Waals surface area contributed by atoms with Crippen molar-refractivity contribution >= 4 is 11.9 Å². The molecular weight excluding hydrogens is 208 g/mol. The Balaban J connectivity index is 2.66. The zero-order valence-corrected chi connectivity index (χ0v) is 9.27. The zero-order chi connectivity index (χ0) is 12.0. The van der Waals surface area contributed by atoms with Crippen LogP contribution in [0.1, 0.15) is 23.7 Å². The summed E-state index contributed by atoms with van der Waals surface area (Å²) in [5.41, 5.74) is 0.421. The molecule has 0 radical (unpaired) electrons. The average Bonchev–Trinajstić information content (AvgIpc) is 2.35. The topological polar surface area (TPSA) is 68.3 Å². The number of methoxy groups -OCH3 is 1. The van der Waals surface area contributed by atoms with Crippen LogP contribution in [0.5, 0.6) is 0 Å². The fraction of sp³-hybridized carbons (Fsp3) is 0.364. The smallest absolute Gasteiger partial charge is 0.328 e. The lowest BCUT2D eigenvalue weighted by Gasteiger charge is -2.14. The van der Waals surface area contributed by atoms with Gasteiger partial charge in [-0.2, -0.15) is 0 Å². The highest BCUT2D eigenvalue weighted by Gasteiger charge is 2.19. The third-order valence-electron chi connectivity index (χ3n) is 2.12. The first-order chi connectivity index (χ1) is 7.69. The maximum absolute atomic E-state index is 11.7. The molecule has 0 unspecified atom stereocenters. The molecule has 1 amide bonds. The van der Waals surface area contributed by atoms with Gasteiger partial charge < -0.3 is 10.1 Å². The lowest BCUT2D eigenvalue weighted by atomic mass is 10.2. The Bertz CT molecular complexity index is 365. The van der Waals surface area contributed by atoms with Gasteiger partial charge in [-0.15, -0.1) is 0 Å². The zero-order valence-electron chi connectivity index (χ0n) is 9.27. The Labute approximate surface area is 93.8 Å². The molecule has 0 fully saturated rings. The average molecular weight is 222 g/mol. The Morgan fingerprint density at radius 1 is 1.56 bits per heavy atom. The van der Waals surface area contributed by atoms with E-state index in [1.165, 1.54) is 13.3 Å². The molecule has 5 heteroatoms. The van der Waals surface area contributed by atoms with Crippen molar-refractivity contribution in [3.05, 3.63) is 30.1 Å². The van der Waals surface area contributed by atoms with E-state index in [1.807, 2.05) is 0 Å². The van der Waals surface area contributed by atoms with Crippen LogP contribution in [0.3, 0.4) is 0 Å². The summed E-state index contributed by atoms with van der Waals surface area (Å²) in [5, 5.41) is 2.58. The highest BCUT2D eigenvalue weighted by atomic mass is 16.5. The molecule has 0 saturated heterocycles.